The highest BCUT2D eigenvalue weighted by molar-refractivity contribution is 9.10. The van der Waals surface area contributed by atoms with Crippen LogP contribution >= 0.6 is 43.2 Å². The Morgan fingerprint density at radius 2 is 0.616 bits per heavy atom. The van der Waals surface area contributed by atoms with Crippen LogP contribution < -0.4 is 0 Å². The topological polar surface area (TPSA) is 25.8 Å². The maximum atomic E-state index is 5.96. The molecule has 13 aromatic rings. The molecule has 0 saturated carbocycles. The van der Waals surface area contributed by atoms with Crippen LogP contribution in [0.5, 0.6) is 0 Å². The average Bonchev–Trinajstić information content (AvgIpc) is 4.09. The molecule has 342 valence electrons. The van der Waals surface area contributed by atoms with E-state index >= 15 is 0 Å². The van der Waals surface area contributed by atoms with Crippen molar-refractivity contribution in [2.75, 3.05) is 0 Å². The first kappa shape index (κ1) is 42.8. The fourth-order valence-corrected chi connectivity index (χ4v) is 14.9. The number of thiophene rings is 1. The van der Waals surface area contributed by atoms with Gasteiger partial charge in [-0.1, -0.05) is 250 Å². The van der Waals surface area contributed by atoms with Crippen LogP contribution in [-0.4, -0.2) is 9.97 Å². The van der Waals surface area contributed by atoms with E-state index in [4.69, 9.17) is 9.97 Å². The van der Waals surface area contributed by atoms with E-state index in [1.165, 1.54) is 66.8 Å². The fourth-order valence-electron chi connectivity index (χ4n) is 13.0. The number of halogens is 2. The second-order valence-corrected chi connectivity index (χ2v) is 22.1. The number of hydrogen-bond acceptors (Lipinski definition) is 3. The van der Waals surface area contributed by atoms with E-state index in [-0.39, 0.29) is 0 Å². The first-order valence-corrected chi connectivity index (χ1v) is 27.1. The van der Waals surface area contributed by atoms with Crippen LogP contribution in [0.25, 0.3) is 86.7 Å². The molecule has 2 aliphatic rings. The maximum absolute atomic E-state index is 5.96. The Hall–Kier alpha value is -7.80. The van der Waals surface area contributed by atoms with Crippen LogP contribution in [-0.2, 0) is 10.8 Å². The van der Waals surface area contributed by atoms with Crippen LogP contribution in [0.15, 0.2) is 252 Å². The lowest BCUT2D eigenvalue weighted by atomic mass is 9.67. The van der Waals surface area contributed by atoms with Crippen molar-refractivity contribution in [3.05, 3.63) is 296 Å². The van der Waals surface area contributed by atoms with Crippen molar-refractivity contribution < 1.29 is 0 Å². The molecule has 0 spiro atoms. The van der Waals surface area contributed by atoms with Crippen molar-refractivity contribution in [3.8, 4) is 43.1 Å². The molecule has 0 aliphatic heterocycles. The molecule has 0 radical (unpaired) electrons. The van der Waals surface area contributed by atoms with Gasteiger partial charge in [0.1, 0.15) is 11.0 Å². The van der Waals surface area contributed by atoms with E-state index < -0.39 is 10.8 Å². The second-order valence-electron chi connectivity index (χ2n) is 19.3. The summed E-state index contributed by atoms with van der Waals surface area (Å²) in [7, 11) is 0. The Kier molecular flexibility index (Phi) is 9.60. The van der Waals surface area contributed by atoms with Crippen LogP contribution in [0.1, 0.15) is 44.5 Å². The van der Waals surface area contributed by atoms with Gasteiger partial charge in [-0.05, 0) is 102 Å². The van der Waals surface area contributed by atoms with Gasteiger partial charge in [-0.2, -0.15) is 0 Å². The lowest BCUT2D eigenvalue weighted by Gasteiger charge is -2.34. The first-order valence-electron chi connectivity index (χ1n) is 24.7. The molecule has 0 bridgehead atoms. The molecule has 0 fully saturated rings. The number of aromatic nitrogens is 2. The minimum Gasteiger partial charge on any atom is -0.242 e. The smallest absolute Gasteiger partial charge is 0.109 e. The monoisotopic (exact) mass is 1070 g/mol. The minimum absolute atomic E-state index is 0.560. The normalized spacial score (nSPS) is 13.8. The summed E-state index contributed by atoms with van der Waals surface area (Å²) in [5.41, 5.74) is 19.7. The molecule has 2 aromatic heterocycles. The maximum Gasteiger partial charge on any atom is 0.109 e. The number of benzene rings is 11. The number of nitrogens with zero attached hydrogens (tertiary/aromatic N) is 2. The molecule has 0 N–H and O–H groups in total. The van der Waals surface area contributed by atoms with Gasteiger partial charge in [0, 0.05) is 30.8 Å². The zero-order valence-electron chi connectivity index (χ0n) is 39.2. The molecule has 2 aliphatic carbocycles. The molecular formula is C68H40Br2N2S. The molecule has 0 unspecified atom stereocenters. The standard InChI is InChI=1S/C68H40Br2N2S/c69-45-35-37-47-48-38-36-46(70)40-54(48)62-61(53(47)39-45)71-63-64(72-62)66(52-30-18-34-58-60(52)50-28-14-16-32-56(50)68(58,43-23-9-3-10-24-43)44-25-11-4-12-26-44)73-65(63)51-29-17-33-57-59(51)49-27-13-15-31-55(49)67(57,41-19-5-1-6-20-41)42-21-7-2-8-22-42/h1-40H. The number of hydrogen-bond donors (Lipinski definition) is 0. The zero-order chi connectivity index (χ0) is 48.4. The summed E-state index contributed by atoms with van der Waals surface area (Å²) >= 11 is 9.55. The predicted molar refractivity (Wildman–Crippen MR) is 311 cm³/mol. The van der Waals surface area contributed by atoms with Gasteiger partial charge < -0.3 is 0 Å². The summed E-state index contributed by atoms with van der Waals surface area (Å²) in [6.07, 6.45) is 0. The van der Waals surface area contributed by atoms with Gasteiger partial charge in [0.05, 0.1) is 31.6 Å². The van der Waals surface area contributed by atoms with Crippen molar-refractivity contribution in [2.45, 2.75) is 10.8 Å². The van der Waals surface area contributed by atoms with Gasteiger partial charge in [0.15, 0.2) is 0 Å². The molecular weight excluding hydrogens is 1040 g/mol. The van der Waals surface area contributed by atoms with Gasteiger partial charge in [0.2, 0.25) is 0 Å². The van der Waals surface area contributed by atoms with Gasteiger partial charge >= 0.3 is 0 Å². The van der Waals surface area contributed by atoms with E-state index in [9.17, 15) is 0 Å². The van der Waals surface area contributed by atoms with Crippen molar-refractivity contribution in [1.29, 1.82) is 0 Å². The summed E-state index contributed by atoms with van der Waals surface area (Å²) in [6, 6.07) is 89.4. The van der Waals surface area contributed by atoms with Crippen molar-refractivity contribution in [2.24, 2.45) is 0 Å². The summed E-state index contributed by atoms with van der Waals surface area (Å²) in [5.74, 6) is 0. The largest absolute Gasteiger partial charge is 0.242 e. The number of rotatable bonds is 6. The molecule has 2 heterocycles. The molecule has 0 amide bonds. The molecule has 73 heavy (non-hydrogen) atoms. The Balaban J connectivity index is 1.10. The summed E-state index contributed by atoms with van der Waals surface area (Å²) in [5, 5.41) is 4.41. The second kappa shape index (κ2) is 16.4. The number of fused-ring (bicyclic) bond motifs is 13. The van der Waals surface area contributed by atoms with Crippen LogP contribution in [0.4, 0.5) is 0 Å². The van der Waals surface area contributed by atoms with Crippen molar-refractivity contribution in [3.63, 3.8) is 0 Å². The van der Waals surface area contributed by atoms with Crippen molar-refractivity contribution >= 4 is 86.8 Å². The minimum atomic E-state index is -0.560. The van der Waals surface area contributed by atoms with Crippen LogP contribution in [0.2, 0.25) is 0 Å². The lowest BCUT2D eigenvalue weighted by Crippen LogP contribution is -2.28. The summed E-state index contributed by atoms with van der Waals surface area (Å²) in [6.45, 7) is 0. The van der Waals surface area contributed by atoms with E-state index in [0.29, 0.717) is 0 Å². The third kappa shape index (κ3) is 5.96. The van der Waals surface area contributed by atoms with Gasteiger partial charge in [-0.3, -0.25) is 0 Å². The molecule has 5 heteroatoms. The van der Waals surface area contributed by atoms with Crippen LogP contribution in [0.3, 0.4) is 0 Å². The first-order chi connectivity index (χ1) is 36.0. The third-order valence-corrected chi connectivity index (χ3v) is 18.0. The van der Waals surface area contributed by atoms with Crippen LogP contribution in [0, 0.1) is 0 Å². The van der Waals surface area contributed by atoms with E-state index in [1.807, 2.05) is 11.3 Å². The van der Waals surface area contributed by atoms with Gasteiger partial charge in [-0.25, -0.2) is 9.97 Å². The highest BCUT2D eigenvalue weighted by Crippen LogP contribution is 2.62. The SMILES string of the molecule is Brc1ccc2c3ccc(Br)cc3c3nc4c(-c5cccc6c5-c5ccccc5C6(c5ccccc5)c5ccccc5)sc(-c5cccc6c5-c5ccccc5C6(c5ccccc5)c5ccccc5)c4nc3c2c1. The molecule has 0 atom stereocenters. The quantitative estimate of drug-likeness (QED) is 0.155. The Bertz CT molecular complexity index is 4040. The summed E-state index contributed by atoms with van der Waals surface area (Å²) in [4.78, 5) is 14.1. The summed E-state index contributed by atoms with van der Waals surface area (Å²) < 4.78 is 2.00. The third-order valence-electron chi connectivity index (χ3n) is 15.7. The fraction of sp³-hybridized carbons (Fsp3) is 0.0294. The Labute approximate surface area is 443 Å². The van der Waals surface area contributed by atoms with Gasteiger partial charge in [0.25, 0.3) is 0 Å². The molecule has 11 aromatic carbocycles. The van der Waals surface area contributed by atoms with E-state index in [2.05, 4.69) is 275 Å². The van der Waals surface area contributed by atoms with E-state index in [1.54, 1.807) is 0 Å². The average molecular weight is 1080 g/mol. The van der Waals surface area contributed by atoms with Crippen molar-refractivity contribution in [1.82, 2.24) is 9.97 Å². The molecule has 15 rings (SSSR count). The molecule has 0 saturated heterocycles. The highest BCUT2D eigenvalue weighted by atomic mass is 79.9. The van der Waals surface area contributed by atoms with E-state index in [0.717, 1.165) is 73.4 Å². The predicted octanol–water partition coefficient (Wildman–Crippen LogP) is 18.7. The highest BCUT2D eigenvalue weighted by Gasteiger charge is 2.49. The Morgan fingerprint density at radius 1 is 0.288 bits per heavy atom. The van der Waals surface area contributed by atoms with Gasteiger partial charge in [-0.15, -0.1) is 11.3 Å². The zero-order valence-corrected chi connectivity index (χ0v) is 43.1. The Morgan fingerprint density at radius 3 is 1.00 bits per heavy atom. The molecule has 2 nitrogen and oxygen atoms in total. The lowest BCUT2D eigenvalue weighted by molar-refractivity contribution is 0.768.